The van der Waals surface area contributed by atoms with Crippen LogP contribution < -0.4 is 5.32 Å². The fraction of sp³-hybridized carbons (Fsp3) is 0.667. The van der Waals surface area contributed by atoms with Crippen molar-refractivity contribution in [3.8, 4) is 0 Å². The van der Waals surface area contributed by atoms with Gasteiger partial charge in [0.15, 0.2) is 0 Å². The van der Waals surface area contributed by atoms with Crippen LogP contribution in [0.5, 0.6) is 0 Å². The second-order valence-corrected chi connectivity index (χ2v) is 5.71. The third-order valence-corrected chi connectivity index (χ3v) is 4.25. The molecular weight excluding hydrogens is 264 g/mol. The standard InChI is InChI=1S/C15H24N6/c1-3-20-11-16-9-13(20)10-17-12(2)15-19-18-14-7-5-4-6-8-21(14)15/h9,11-12,17H,3-8,10H2,1-2H3. The monoisotopic (exact) mass is 288 g/mol. The van der Waals surface area contributed by atoms with E-state index < -0.39 is 0 Å². The van der Waals surface area contributed by atoms with Gasteiger partial charge in [0.2, 0.25) is 0 Å². The van der Waals surface area contributed by atoms with Gasteiger partial charge in [-0.05, 0) is 26.7 Å². The van der Waals surface area contributed by atoms with Crippen LogP contribution in [0.3, 0.4) is 0 Å². The van der Waals surface area contributed by atoms with Crippen molar-refractivity contribution in [2.24, 2.45) is 0 Å². The van der Waals surface area contributed by atoms with E-state index in [1.165, 1.54) is 25.0 Å². The summed E-state index contributed by atoms with van der Waals surface area (Å²) in [6.07, 6.45) is 8.62. The molecule has 3 rings (SSSR count). The molecule has 0 aliphatic carbocycles. The Kier molecular flexibility index (Phi) is 4.34. The molecule has 0 spiro atoms. The molecule has 0 fully saturated rings. The van der Waals surface area contributed by atoms with Crippen LogP contribution in [0.2, 0.25) is 0 Å². The Morgan fingerprint density at radius 1 is 1.29 bits per heavy atom. The first-order valence-electron chi connectivity index (χ1n) is 7.94. The predicted octanol–water partition coefficient (Wildman–Crippen LogP) is 2.07. The van der Waals surface area contributed by atoms with Crippen molar-refractivity contribution in [2.45, 2.75) is 65.2 Å². The molecular formula is C15H24N6. The van der Waals surface area contributed by atoms with Crippen molar-refractivity contribution >= 4 is 0 Å². The number of rotatable bonds is 5. The summed E-state index contributed by atoms with van der Waals surface area (Å²) in [4.78, 5) is 4.21. The van der Waals surface area contributed by atoms with Crippen LogP contribution in [0.1, 0.15) is 56.5 Å². The summed E-state index contributed by atoms with van der Waals surface area (Å²) in [7, 11) is 0. The number of nitrogens with zero attached hydrogens (tertiary/aromatic N) is 5. The SMILES string of the molecule is CCn1cncc1CNC(C)c1nnc2n1CCCCC2. The van der Waals surface area contributed by atoms with Crippen LogP contribution in [0.25, 0.3) is 0 Å². The van der Waals surface area contributed by atoms with Crippen molar-refractivity contribution < 1.29 is 0 Å². The maximum absolute atomic E-state index is 4.41. The molecule has 2 aromatic heterocycles. The normalized spacial score (nSPS) is 16.5. The van der Waals surface area contributed by atoms with E-state index in [0.717, 1.165) is 37.7 Å². The number of nitrogens with one attached hydrogen (secondary N) is 1. The van der Waals surface area contributed by atoms with Gasteiger partial charge in [-0.25, -0.2) is 4.98 Å². The lowest BCUT2D eigenvalue weighted by Gasteiger charge is -2.15. The van der Waals surface area contributed by atoms with Crippen LogP contribution in [-0.2, 0) is 26.1 Å². The lowest BCUT2D eigenvalue weighted by atomic mass is 10.2. The Bertz CT molecular complexity index is 585. The predicted molar refractivity (Wildman–Crippen MR) is 80.7 cm³/mol. The highest BCUT2D eigenvalue weighted by Crippen LogP contribution is 2.18. The van der Waals surface area contributed by atoms with E-state index >= 15 is 0 Å². The highest BCUT2D eigenvalue weighted by atomic mass is 15.3. The van der Waals surface area contributed by atoms with E-state index in [2.05, 4.69) is 43.5 Å². The topological polar surface area (TPSA) is 60.6 Å². The van der Waals surface area contributed by atoms with Gasteiger partial charge in [-0.1, -0.05) is 6.42 Å². The molecule has 1 unspecified atom stereocenters. The van der Waals surface area contributed by atoms with Gasteiger partial charge in [-0.15, -0.1) is 10.2 Å². The Morgan fingerprint density at radius 2 is 2.19 bits per heavy atom. The van der Waals surface area contributed by atoms with E-state index in [9.17, 15) is 0 Å². The van der Waals surface area contributed by atoms with Gasteiger partial charge in [0.1, 0.15) is 11.6 Å². The first-order chi connectivity index (χ1) is 10.3. The summed E-state index contributed by atoms with van der Waals surface area (Å²) >= 11 is 0. The molecule has 0 aromatic carbocycles. The molecule has 6 nitrogen and oxygen atoms in total. The Balaban J connectivity index is 1.68. The summed E-state index contributed by atoms with van der Waals surface area (Å²) in [5.41, 5.74) is 1.21. The molecule has 3 heterocycles. The van der Waals surface area contributed by atoms with Gasteiger partial charge in [0, 0.05) is 32.3 Å². The fourth-order valence-corrected chi connectivity index (χ4v) is 2.96. The minimum atomic E-state index is 0.199. The molecule has 0 saturated heterocycles. The van der Waals surface area contributed by atoms with Crippen molar-refractivity contribution in [1.82, 2.24) is 29.6 Å². The van der Waals surface area contributed by atoms with Crippen LogP contribution in [0, 0.1) is 0 Å². The number of hydrogen-bond donors (Lipinski definition) is 1. The number of aromatic nitrogens is 5. The van der Waals surface area contributed by atoms with Crippen LogP contribution in [0.4, 0.5) is 0 Å². The minimum Gasteiger partial charge on any atom is -0.334 e. The number of aryl methyl sites for hydroxylation is 2. The average Bonchev–Trinajstić information content (AvgIpc) is 3.05. The Labute approximate surface area is 125 Å². The fourth-order valence-electron chi connectivity index (χ4n) is 2.96. The highest BCUT2D eigenvalue weighted by molar-refractivity contribution is 5.04. The molecule has 114 valence electrons. The van der Waals surface area contributed by atoms with Crippen LogP contribution >= 0.6 is 0 Å². The molecule has 0 saturated carbocycles. The smallest absolute Gasteiger partial charge is 0.149 e. The molecule has 0 amide bonds. The third kappa shape index (κ3) is 3.00. The molecule has 6 heteroatoms. The average molecular weight is 288 g/mol. The zero-order valence-corrected chi connectivity index (χ0v) is 12.9. The van der Waals surface area contributed by atoms with Gasteiger partial charge in [-0.2, -0.15) is 0 Å². The molecule has 1 N–H and O–H groups in total. The quantitative estimate of drug-likeness (QED) is 0.915. The zero-order valence-electron chi connectivity index (χ0n) is 12.9. The molecule has 21 heavy (non-hydrogen) atoms. The lowest BCUT2D eigenvalue weighted by molar-refractivity contribution is 0.491. The van der Waals surface area contributed by atoms with Gasteiger partial charge in [-0.3, -0.25) is 0 Å². The highest BCUT2D eigenvalue weighted by Gasteiger charge is 2.19. The number of fused-ring (bicyclic) bond motifs is 1. The van der Waals surface area contributed by atoms with E-state index in [1.54, 1.807) is 0 Å². The van der Waals surface area contributed by atoms with Gasteiger partial charge < -0.3 is 14.5 Å². The number of imidazole rings is 1. The Morgan fingerprint density at radius 3 is 3.05 bits per heavy atom. The van der Waals surface area contributed by atoms with Crippen molar-refractivity contribution in [1.29, 1.82) is 0 Å². The maximum atomic E-state index is 4.41. The maximum Gasteiger partial charge on any atom is 0.149 e. The number of hydrogen-bond acceptors (Lipinski definition) is 4. The largest absolute Gasteiger partial charge is 0.334 e. The molecule has 0 bridgehead atoms. The van der Waals surface area contributed by atoms with Crippen LogP contribution in [-0.4, -0.2) is 24.3 Å². The van der Waals surface area contributed by atoms with E-state index in [-0.39, 0.29) is 6.04 Å². The van der Waals surface area contributed by atoms with E-state index in [0.29, 0.717) is 0 Å². The first kappa shape index (κ1) is 14.3. The van der Waals surface area contributed by atoms with Gasteiger partial charge in [0.05, 0.1) is 18.1 Å². The molecule has 0 radical (unpaired) electrons. The zero-order chi connectivity index (χ0) is 14.7. The van der Waals surface area contributed by atoms with Gasteiger partial charge in [0.25, 0.3) is 0 Å². The van der Waals surface area contributed by atoms with Crippen LogP contribution in [0.15, 0.2) is 12.5 Å². The summed E-state index contributed by atoms with van der Waals surface area (Å²) < 4.78 is 4.46. The molecule has 1 aliphatic rings. The second kappa shape index (κ2) is 6.39. The second-order valence-electron chi connectivity index (χ2n) is 5.71. The summed E-state index contributed by atoms with van der Waals surface area (Å²) in [5.74, 6) is 2.21. The van der Waals surface area contributed by atoms with E-state index in [4.69, 9.17) is 0 Å². The summed E-state index contributed by atoms with van der Waals surface area (Å²) in [6, 6.07) is 0.199. The molecule has 2 aromatic rings. The van der Waals surface area contributed by atoms with Crippen molar-refractivity contribution in [3.05, 3.63) is 29.9 Å². The van der Waals surface area contributed by atoms with Crippen molar-refractivity contribution in [3.63, 3.8) is 0 Å². The Hall–Kier alpha value is -1.69. The third-order valence-electron chi connectivity index (χ3n) is 4.25. The van der Waals surface area contributed by atoms with Gasteiger partial charge >= 0.3 is 0 Å². The summed E-state index contributed by atoms with van der Waals surface area (Å²) in [6.45, 7) is 7.10. The molecule has 1 aliphatic heterocycles. The minimum absolute atomic E-state index is 0.199. The lowest BCUT2D eigenvalue weighted by Crippen LogP contribution is -2.23. The summed E-state index contributed by atoms with van der Waals surface area (Å²) in [5, 5.41) is 12.3. The van der Waals surface area contributed by atoms with E-state index in [1.807, 2.05) is 12.5 Å². The first-order valence-corrected chi connectivity index (χ1v) is 7.94. The van der Waals surface area contributed by atoms with Crippen molar-refractivity contribution in [2.75, 3.05) is 0 Å². The molecule has 1 atom stereocenters.